The molecule has 1 atom stereocenters. The number of carbonyl (C=O) groups excluding carboxylic acids is 3. The molecule has 13 nitrogen and oxygen atoms in total. The van der Waals surface area contributed by atoms with E-state index in [1.165, 1.54) is 11.3 Å². The number of ketones is 2. The van der Waals surface area contributed by atoms with Gasteiger partial charge in [0, 0.05) is 62.5 Å². The fraction of sp³-hybridized carbons (Fsp3) is 0.512. The number of fused-ring (bicyclic) bond motifs is 2. The first-order valence-electron chi connectivity index (χ1n) is 20.5. The Labute approximate surface area is 348 Å². The fourth-order valence-corrected chi connectivity index (χ4v) is 10.5. The molecule has 3 aliphatic rings. The average molecular weight is 847 g/mol. The molecule has 0 spiro atoms. The number of anilines is 2. The number of nitrogens with zero attached hydrogens (tertiary/aromatic N) is 7. The highest BCUT2D eigenvalue weighted by atomic mass is 32.1. The topological polar surface area (TPSA) is 156 Å². The molecule has 60 heavy (non-hydrogen) atoms. The maximum Gasteiger partial charge on any atom is 0.451 e. The average Bonchev–Trinajstić information content (AvgIpc) is 3.74. The first kappa shape index (κ1) is 41.7. The van der Waals surface area contributed by atoms with Crippen molar-refractivity contribution in [1.82, 2.24) is 29.0 Å². The number of aromatic nitrogens is 5. The van der Waals surface area contributed by atoms with Crippen molar-refractivity contribution in [2.24, 2.45) is 13.0 Å². The van der Waals surface area contributed by atoms with Crippen molar-refractivity contribution >= 4 is 61.4 Å². The molecule has 2 saturated carbocycles. The van der Waals surface area contributed by atoms with Crippen molar-refractivity contribution in [3.8, 4) is 0 Å². The van der Waals surface area contributed by atoms with Gasteiger partial charge in [-0.25, -0.2) is 19.7 Å². The zero-order valence-corrected chi connectivity index (χ0v) is 34.9. The zero-order chi connectivity index (χ0) is 42.7. The summed E-state index contributed by atoms with van der Waals surface area (Å²) < 4.78 is 43.7. The zero-order valence-electron chi connectivity index (χ0n) is 34.1. The Balaban J connectivity index is 0.885. The van der Waals surface area contributed by atoms with Crippen molar-refractivity contribution in [1.29, 1.82) is 0 Å². The Hall–Kier alpha value is -5.00. The lowest BCUT2D eigenvalue weighted by Crippen LogP contribution is -2.45. The summed E-state index contributed by atoms with van der Waals surface area (Å²) in [5.41, 5.74) is 1.82. The van der Waals surface area contributed by atoms with Crippen LogP contribution in [0.2, 0.25) is 0 Å². The molecule has 3 fully saturated rings. The van der Waals surface area contributed by atoms with E-state index in [1.807, 2.05) is 12.1 Å². The molecule has 4 heterocycles. The molecule has 1 saturated heterocycles. The second-order valence-corrected chi connectivity index (χ2v) is 18.2. The maximum atomic E-state index is 13.5. The van der Waals surface area contributed by atoms with E-state index in [4.69, 9.17) is 4.98 Å². The van der Waals surface area contributed by atoms with Gasteiger partial charge in [-0.05, 0) is 102 Å². The van der Waals surface area contributed by atoms with Gasteiger partial charge in [0.25, 0.3) is 5.91 Å². The molecule has 2 aliphatic carbocycles. The minimum atomic E-state index is -4.80. The number of alkyl halides is 3. The molecular weight excluding hydrogens is 798 g/mol. The number of imidazole rings is 1. The smallest absolute Gasteiger partial charge is 0.386 e. The first-order valence-corrected chi connectivity index (χ1v) is 21.4. The van der Waals surface area contributed by atoms with Gasteiger partial charge in [0.05, 0.1) is 50.0 Å². The minimum Gasteiger partial charge on any atom is -0.386 e. The number of carbonyl (C=O) groups is 3. The third kappa shape index (κ3) is 8.22. The number of piperidine rings is 1. The summed E-state index contributed by atoms with van der Waals surface area (Å²) in [6.07, 6.45) is 2.68. The molecule has 1 aliphatic heterocycles. The Morgan fingerprint density at radius 2 is 1.73 bits per heavy atom. The predicted octanol–water partition coefficient (Wildman–Crippen LogP) is 6.98. The number of hydrogen-bond donors (Lipinski definition) is 2. The van der Waals surface area contributed by atoms with E-state index in [1.54, 1.807) is 42.2 Å². The SMILES string of the molecule is CN(CC1CCC(c2nc3cc(C(C)(C)O)c(NC(=O)c4ccnc(C(F)(F)F)n4)cc3s2)CC1)C1CCN(c2cccc3c2n(C)c(=O)n3C2CCC(=O)CC2=O)CC1. The molecular formula is C43H49F3N8O5S. The molecule has 0 bridgehead atoms. The summed E-state index contributed by atoms with van der Waals surface area (Å²) >= 11 is 1.53. The number of halogens is 3. The third-order valence-corrected chi connectivity index (χ3v) is 13.8. The van der Waals surface area contributed by atoms with Crippen LogP contribution >= 0.6 is 11.3 Å². The molecule has 8 rings (SSSR count). The standard InChI is InChI=1S/C43H49F3N8O5S/c1-42(2,59)28-21-31-36(22-30(28)48-38(57)29-14-17-47-40(50-29)43(44,45)46)60-39(49-31)25-10-8-24(9-11-25)23-51(3)26-15-18-53(19-16-26)33-6-5-7-34-37(33)52(4)41(58)54(34)32-13-12-27(55)20-35(32)56/h5-7,14,17,21-22,24-26,32,59H,8-13,15-16,18-20,23H2,1-4H3,(H,48,57). The molecule has 2 aromatic carbocycles. The number of para-hydroxylation sites is 1. The highest BCUT2D eigenvalue weighted by Crippen LogP contribution is 2.42. The van der Waals surface area contributed by atoms with Crippen LogP contribution in [-0.2, 0) is 28.4 Å². The monoisotopic (exact) mass is 846 g/mol. The highest BCUT2D eigenvalue weighted by molar-refractivity contribution is 7.18. The summed E-state index contributed by atoms with van der Waals surface area (Å²) in [7, 11) is 3.97. The van der Waals surface area contributed by atoms with Gasteiger partial charge in [0.15, 0.2) is 5.78 Å². The number of rotatable bonds is 9. The second kappa shape index (κ2) is 16.1. The predicted molar refractivity (Wildman–Crippen MR) is 222 cm³/mol. The van der Waals surface area contributed by atoms with Crippen molar-refractivity contribution in [3.05, 3.63) is 75.2 Å². The second-order valence-electron chi connectivity index (χ2n) is 17.2. The van der Waals surface area contributed by atoms with Gasteiger partial charge in [-0.1, -0.05) is 6.07 Å². The highest BCUT2D eigenvalue weighted by Gasteiger charge is 2.36. The van der Waals surface area contributed by atoms with Gasteiger partial charge in [0.2, 0.25) is 5.82 Å². The molecule has 0 radical (unpaired) electrons. The lowest BCUT2D eigenvalue weighted by atomic mass is 9.82. The lowest BCUT2D eigenvalue weighted by Gasteiger charge is -2.40. The normalized spacial score (nSPS) is 21.1. The number of benzene rings is 2. The van der Waals surface area contributed by atoms with E-state index >= 15 is 0 Å². The van der Waals surface area contributed by atoms with E-state index in [0.29, 0.717) is 35.9 Å². The maximum absolute atomic E-state index is 13.5. The molecule has 17 heteroatoms. The number of thiazole rings is 1. The Bertz CT molecular complexity index is 2530. The molecule has 5 aromatic rings. The quantitative estimate of drug-likeness (QED) is 0.149. The van der Waals surface area contributed by atoms with Crippen LogP contribution in [0.15, 0.2) is 47.4 Å². The van der Waals surface area contributed by atoms with Crippen LogP contribution in [0.5, 0.6) is 0 Å². The van der Waals surface area contributed by atoms with Crippen LogP contribution in [0.1, 0.15) is 110 Å². The van der Waals surface area contributed by atoms with Crippen molar-refractivity contribution in [3.63, 3.8) is 0 Å². The van der Waals surface area contributed by atoms with Crippen molar-refractivity contribution in [2.45, 2.75) is 101 Å². The number of aliphatic hydroxyl groups is 1. The van der Waals surface area contributed by atoms with Gasteiger partial charge in [-0.15, -0.1) is 11.3 Å². The van der Waals surface area contributed by atoms with Gasteiger partial charge >= 0.3 is 11.9 Å². The van der Waals surface area contributed by atoms with Crippen LogP contribution in [0, 0.1) is 5.92 Å². The van der Waals surface area contributed by atoms with Crippen molar-refractivity contribution in [2.75, 3.05) is 36.9 Å². The lowest BCUT2D eigenvalue weighted by molar-refractivity contribution is -0.145. The number of nitrogens with one attached hydrogen (secondary N) is 1. The van der Waals surface area contributed by atoms with Gasteiger partial charge < -0.3 is 20.2 Å². The van der Waals surface area contributed by atoms with Gasteiger partial charge in [-0.2, -0.15) is 13.2 Å². The molecule has 1 amide bonds. The molecule has 3 aromatic heterocycles. The fourth-order valence-electron chi connectivity index (χ4n) is 9.39. The third-order valence-electron chi connectivity index (χ3n) is 12.6. The van der Waals surface area contributed by atoms with E-state index in [-0.39, 0.29) is 35.3 Å². The summed E-state index contributed by atoms with van der Waals surface area (Å²) in [6, 6.07) is 10.3. The van der Waals surface area contributed by atoms with Crippen LogP contribution in [0.3, 0.4) is 0 Å². The van der Waals surface area contributed by atoms with Gasteiger partial charge in [-0.3, -0.25) is 23.5 Å². The van der Waals surface area contributed by atoms with Crippen molar-refractivity contribution < 1.29 is 32.7 Å². The van der Waals surface area contributed by atoms with E-state index in [0.717, 1.165) is 96.9 Å². The van der Waals surface area contributed by atoms with E-state index in [9.17, 15) is 37.5 Å². The van der Waals surface area contributed by atoms with Crippen LogP contribution < -0.4 is 15.9 Å². The van der Waals surface area contributed by atoms with Crippen LogP contribution in [-0.4, -0.2) is 84.3 Å². The number of amides is 1. The first-order chi connectivity index (χ1) is 28.5. The Morgan fingerprint density at radius 1 is 1.00 bits per heavy atom. The molecule has 318 valence electrons. The van der Waals surface area contributed by atoms with E-state index < -0.39 is 35.2 Å². The number of hydrogen-bond acceptors (Lipinski definition) is 11. The largest absolute Gasteiger partial charge is 0.451 e. The molecule has 2 N–H and O–H groups in total. The molecule has 1 unspecified atom stereocenters. The number of aryl methyl sites for hydroxylation is 1. The summed E-state index contributed by atoms with van der Waals surface area (Å²) in [5, 5.41) is 14.7. The summed E-state index contributed by atoms with van der Waals surface area (Å²) in [6.45, 7) is 5.83. The Morgan fingerprint density at radius 3 is 2.42 bits per heavy atom. The number of Topliss-reactive ketones (excluding diaryl/α,β-unsaturated/α-hetero) is 2. The van der Waals surface area contributed by atoms with Crippen LogP contribution in [0.25, 0.3) is 21.3 Å². The Kier molecular flexibility index (Phi) is 11.2. The summed E-state index contributed by atoms with van der Waals surface area (Å²) in [4.78, 5) is 67.8. The van der Waals surface area contributed by atoms with E-state index in [2.05, 4.69) is 38.2 Å². The summed E-state index contributed by atoms with van der Waals surface area (Å²) in [5.74, 6) is -1.71. The minimum absolute atomic E-state index is 0.0679. The van der Waals surface area contributed by atoms with Gasteiger partial charge in [0.1, 0.15) is 11.5 Å². The van der Waals surface area contributed by atoms with Crippen LogP contribution in [0.4, 0.5) is 24.5 Å².